The molecule has 1 saturated heterocycles. The van der Waals surface area contributed by atoms with Crippen molar-refractivity contribution in [2.45, 2.75) is 18.9 Å². The second-order valence-corrected chi connectivity index (χ2v) is 5.70. The smallest absolute Gasteiger partial charge is 0.248 e. The van der Waals surface area contributed by atoms with Crippen LogP contribution in [0.5, 0.6) is 0 Å². The average Bonchev–Trinajstić information content (AvgIpc) is 2.97. The molecular formula is C18H20N2O. The highest BCUT2D eigenvalue weighted by atomic mass is 16.1. The van der Waals surface area contributed by atoms with Gasteiger partial charge in [-0.15, -0.1) is 0 Å². The van der Waals surface area contributed by atoms with E-state index in [-0.39, 0.29) is 5.91 Å². The molecule has 2 N–H and O–H groups in total. The molecule has 0 spiro atoms. The number of hydrogen-bond acceptors (Lipinski definition) is 2. The van der Waals surface area contributed by atoms with Crippen molar-refractivity contribution in [3.8, 4) is 0 Å². The summed E-state index contributed by atoms with van der Waals surface area (Å²) in [4.78, 5) is 13.7. The Kier molecular flexibility index (Phi) is 4.02. The first kappa shape index (κ1) is 13.8. The number of likely N-dealkylation sites (tertiary alicyclic amines) is 1. The Balaban J connectivity index is 1.65. The molecule has 1 amide bonds. The molecule has 1 aliphatic heterocycles. The van der Waals surface area contributed by atoms with E-state index in [2.05, 4.69) is 41.3 Å². The van der Waals surface area contributed by atoms with E-state index < -0.39 is 0 Å². The number of nitrogens with zero attached hydrogens (tertiary/aromatic N) is 1. The van der Waals surface area contributed by atoms with Crippen molar-refractivity contribution in [3.05, 3.63) is 71.3 Å². The van der Waals surface area contributed by atoms with Crippen LogP contribution in [0.2, 0.25) is 0 Å². The monoisotopic (exact) mass is 280 g/mol. The zero-order valence-corrected chi connectivity index (χ0v) is 12.0. The number of carbonyl (C=O) groups excluding carboxylic acids is 1. The Labute approximate surface area is 125 Å². The van der Waals surface area contributed by atoms with E-state index in [1.807, 2.05) is 12.1 Å². The van der Waals surface area contributed by atoms with E-state index in [4.69, 9.17) is 5.73 Å². The van der Waals surface area contributed by atoms with Crippen LogP contribution in [-0.4, -0.2) is 23.9 Å². The summed E-state index contributed by atoms with van der Waals surface area (Å²) in [6, 6.07) is 18.3. The zero-order valence-electron chi connectivity index (χ0n) is 12.0. The van der Waals surface area contributed by atoms with Gasteiger partial charge in [0.15, 0.2) is 0 Å². The summed E-state index contributed by atoms with van der Waals surface area (Å²) < 4.78 is 0. The van der Waals surface area contributed by atoms with Gasteiger partial charge in [0.05, 0.1) is 0 Å². The van der Waals surface area contributed by atoms with Crippen molar-refractivity contribution < 1.29 is 4.79 Å². The maximum absolute atomic E-state index is 11.2. The lowest BCUT2D eigenvalue weighted by atomic mass is 9.99. The molecule has 1 atom stereocenters. The minimum atomic E-state index is -0.361. The highest BCUT2D eigenvalue weighted by Crippen LogP contribution is 2.27. The largest absolute Gasteiger partial charge is 0.366 e. The Hall–Kier alpha value is -2.13. The fourth-order valence-corrected chi connectivity index (χ4v) is 3.05. The lowest BCUT2D eigenvalue weighted by Gasteiger charge is -2.16. The van der Waals surface area contributed by atoms with Crippen LogP contribution in [0, 0.1) is 0 Å². The van der Waals surface area contributed by atoms with Gasteiger partial charge >= 0.3 is 0 Å². The van der Waals surface area contributed by atoms with Gasteiger partial charge in [-0.25, -0.2) is 0 Å². The summed E-state index contributed by atoms with van der Waals surface area (Å²) in [5, 5.41) is 0. The van der Waals surface area contributed by atoms with Crippen molar-refractivity contribution >= 4 is 5.91 Å². The lowest BCUT2D eigenvalue weighted by molar-refractivity contribution is 0.1000. The Morgan fingerprint density at radius 2 is 1.95 bits per heavy atom. The summed E-state index contributed by atoms with van der Waals surface area (Å²) in [6.45, 7) is 3.05. The van der Waals surface area contributed by atoms with E-state index in [1.54, 1.807) is 6.07 Å². The summed E-state index contributed by atoms with van der Waals surface area (Å²) in [6.07, 6.45) is 1.19. The topological polar surface area (TPSA) is 46.3 Å². The molecular weight excluding hydrogens is 260 g/mol. The normalized spacial score (nSPS) is 18.8. The number of amides is 1. The molecule has 1 fully saturated rings. The fourth-order valence-electron chi connectivity index (χ4n) is 3.05. The molecule has 0 aliphatic carbocycles. The first-order chi connectivity index (χ1) is 10.2. The Morgan fingerprint density at radius 1 is 1.14 bits per heavy atom. The summed E-state index contributed by atoms with van der Waals surface area (Å²) >= 11 is 0. The van der Waals surface area contributed by atoms with Crippen LogP contribution in [-0.2, 0) is 6.54 Å². The van der Waals surface area contributed by atoms with Gasteiger partial charge in [0.2, 0.25) is 5.91 Å². The molecule has 21 heavy (non-hydrogen) atoms. The van der Waals surface area contributed by atoms with Gasteiger partial charge in [0.25, 0.3) is 0 Å². The molecule has 3 rings (SSSR count). The van der Waals surface area contributed by atoms with Crippen LogP contribution in [0.4, 0.5) is 0 Å². The minimum Gasteiger partial charge on any atom is -0.366 e. The van der Waals surface area contributed by atoms with E-state index in [1.165, 1.54) is 12.0 Å². The van der Waals surface area contributed by atoms with Gasteiger partial charge in [-0.2, -0.15) is 0 Å². The summed E-state index contributed by atoms with van der Waals surface area (Å²) in [7, 11) is 0. The molecule has 3 nitrogen and oxygen atoms in total. The third-order valence-corrected chi connectivity index (χ3v) is 4.16. The molecule has 2 aromatic rings. The average molecular weight is 280 g/mol. The highest BCUT2D eigenvalue weighted by molar-refractivity contribution is 5.92. The van der Waals surface area contributed by atoms with Crippen LogP contribution in [0.25, 0.3) is 0 Å². The SMILES string of the molecule is NC(=O)c1cccc(CN2CC[C@@H](c3ccccc3)C2)c1. The molecule has 1 aliphatic rings. The molecule has 0 aromatic heterocycles. The standard InChI is InChI=1S/C18H20N2O/c19-18(21)16-8-4-5-14(11-16)12-20-10-9-17(13-20)15-6-2-1-3-7-15/h1-8,11,17H,9-10,12-13H2,(H2,19,21)/t17-/m1/s1. The number of nitrogens with two attached hydrogens (primary N) is 1. The third-order valence-electron chi connectivity index (χ3n) is 4.16. The Bertz CT molecular complexity index is 624. The van der Waals surface area contributed by atoms with Crippen LogP contribution in [0.15, 0.2) is 54.6 Å². The van der Waals surface area contributed by atoms with Gasteiger partial charge in [-0.3, -0.25) is 9.69 Å². The van der Waals surface area contributed by atoms with Gasteiger partial charge in [0.1, 0.15) is 0 Å². The first-order valence-corrected chi connectivity index (χ1v) is 7.38. The number of rotatable bonds is 4. The number of primary amides is 1. The predicted molar refractivity (Wildman–Crippen MR) is 84.0 cm³/mol. The van der Waals surface area contributed by atoms with Gasteiger partial charge in [-0.05, 0) is 42.1 Å². The fraction of sp³-hybridized carbons (Fsp3) is 0.278. The quantitative estimate of drug-likeness (QED) is 0.936. The van der Waals surface area contributed by atoms with Crippen molar-refractivity contribution in [3.63, 3.8) is 0 Å². The van der Waals surface area contributed by atoms with Gasteiger partial charge in [-0.1, -0.05) is 42.5 Å². The maximum Gasteiger partial charge on any atom is 0.248 e. The van der Waals surface area contributed by atoms with Gasteiger partial charge in [0, 0.05) is 18.7 Å². The summed E-state index contributed by atoms with van der Waals surface area (Å²) in [5.41, 5.74) is 8.50. The second-order valence-electron chi connectivity index (χ2n) is 5.70. The molecule has 0 unspecified atom stereocenters. The third kappa shape index (κ3) is 3.31. The Morgan fingerprint density at radius 3 is 2.71 bits per heavy atom. The van der Waals surface area contributed by atoms with E-state index in [0.29, 0.717) is 11.5 Å². The van der Waals surface area contributed by atoms with Crippen molar-refractivity contribution in [2.24, 2.45) is 5.73 Å². The molecule has 108 valence electrons. The predicted octanol–water partition coefficient (Wildman–Crippen LogP) is 2.78. The molecule has 2 aromatic carbocycles. The molecule has 3 heteroatoms. The molecule has 0 saturated carbocycles. The van der Waals surface area contributed by atoms with Crippen LogP contribution in [0.3, 0.4) is 0 Å². The molecule has 0 radical (unpaired) electrons. The highest BCUT2D eigenvalue weighted by Gasteiger charge is 2.23. The van der Waals surface area contributed by atoms with Crippen molar-refractivity contribution in [1.82, 2.24) is 4.90 Å². The number of benzene rings is 2. The van der Waals surface area contributed by atoms with E-state index in [0.717, 1.165) is 25.2 Å². The number of carbonyl (C=O) groups is 1. The first-order valence-electron chi connectivity index (χ1n) is 7.38. The van der Waals surface area contributed by atoms with Gasteiger partial charge < -0.3 is 5.73 Å². The minimum absolute atomic E-state index is 0.361. The second kappa shape index (κ2) is 6.10. The van der Waals surface area contributed by atoms with Crippen LogP contribution in [0.1, 0.15) is 33.8 Å². The lowest BCUT2D eigenvalue weighted by Crippen LogP contribution is -2.20. The van der Waals surface area contributed by atoms with Crippen LogP contribution < -0.4 is 5.73 Å². The molecule has 0 bridgehead atoms. The van der Waals surface area contributed by atoms with E-state index >= 15 is 0 Å². The van der Waals surface area contributed by atoms with E-state index in [9.17, 15) is 4.79 Å². The molecule has 1 heterocycles. The van der Waals surface area contributed by atoms with Crippen molar-refractivity contribution in [1.29, 1.82) is 0 Å². The number of hydrogen-bond donors (Lipinski definition) is 1. The van der Waals surface area contributed by atoms with Crippen molar-refractivity contribution in [2.75, 3.05) is 13.1 Å². The zero-order chi connectivity index (χ0) is 14.7. The van der Waals surface area contributed by atoms with Crippen LogP contribution >= 0.6 is 0 Å². The maximum atomic E-state index is 11.2. The summed E-state index contributed by atoms with van der Waals surface area (Å²) in [5.74, 6) is 0.256.